The van der Waals surface area contributed by atoms with E-state index in [4.69, 9.17) is 4.74 Å². The van der Waals surface area contributed by atoms with E-state index in [1.165, 1.54) is 0 Å². The van der Waals surface area contributed by atoms with Gasteiger partial charge in [-0.05, 0) is 19.3 Å². The summed E-state index contributed by atoms with van der Waals surface area (Å²) in [6, 6.07) is 0. The van der Waals surface area contributed by atoms with E-state index in [2.05, 4.69) is 0 Å². The van der Waals surface area contributed by atoms with Crippen LogP contribution in [0.25, 0.3) is 0 Å². The summed E-state index contributed by atoms with van der Waals surface area (Å²) in [6.45, 7) is 6.97. The summed E-state index contributed by atoms with van der Waals surface area (Å²) < 4.78 is 61.2. The van der Waals surface area contributed by atoms with Gasteiger partial charge in [0.15, 0.2) is 10.1 Å². The van der Waals surface area contributed by atoms with Gasteiger partial charge in [0.1, 0.15) is 6.61 Å². The third kappa shape index (κ3) is 3.64. The molecular weight excluding hydrogens is 242 g/mol. The van der Waals surface area contributed by atoms with Crippen molar-refractivity contribution in [3.63, 3.8) is 0 Å². The summed E-state index contributed by atoms with van der Waals surface area (Å²) in [6.07, 6.45) is 0. The second kappa shape index (κ2) is 4.19. The molecule has 0 atom stereocenters. The second-order valence-electron chi connectivity index (χ2n) is 5.14. The van der Waals surface area contributed by atoms with Crippen LogP contribution in [0.1, 0.15) is 34.6 Å². The molecule has 0 saturated heterocycles. The molecule has 0 aliphatic carbocycles. The van der Waals surface area contributed by atoms with Crippen LogP contribution in [0.3, 0.4) is 0 Å². The molecule has 0 spiro atoms. The van der Waals surface area contributed by atoms with Crippen LogP contribution in [0.4, 0.5) is 8.78 Å². The molecule has 0 fully saturated rings. The zero-order chi connectivity index (χ0) is 13.4. The monoisotopic (exact) mass is 259 g/mol. The highest BCUT2D eigenvalue weighted by molar-refractivity contribution is 7.86. The molecule has 7 heteroatoms. The fourth-order valence-corrected chi connectivity index (χ4v) is 0.756. The molecule has 0 aromatic rings. The van der Waals surface area contributed by atoms with Gasteiger partial charge in [0.05, 0.1) is 5.60 Å². The quantitative estimate of drug-likeness (QED) is 0.724. The van der Waals surface area contributed by atoms with Gasteiger partial charge >= 0.3 is 5.25 Å². The maximum atomic E-state index is 12.8. The van der Waals surface area contributed by atoms with Crippen molar-refractivity contribution in [1.29, 1.82) is 0 Å². The number of alkyl halides is 2. The van der Waals surface area contributed by atoms with Crippen molar-refractivity contribution in [1.82, 2.24) is 0 Å². The van der Waals surface area contributed by atoms with Crippen LogP contribution < -0.4 is 0 Å². The minimum atomic E-state index is -5.68. The lowest BCUT2D eigenvalue weighted by atomic mass is 9.79. The van der Waals surface area contributed by atoms with Gasteiger partial charge < -0.3 is 9.29 Å². The molecule has 4 nitrogen and oxygen atoms in total. The number of halogens is 2. The van der Waals surface area contributed by atoms with E-state index in [0.717, 1.165) is 0 Å². The van der Waals surface area contributed by atoms with Crippen LogP contribution >= 0.6 is 0 Å². The Labute approximate surface area is 94.7 Å². The molecule has 0 aliphatic rings. The predicted molar refractivity (Wildman–Crippen MR) is 54.1 cm³/mol. The van der Waals surface area contributed by atoms with Gasteiger partial charge in [-0.15, -0.1) is 0 Å². The van der Waals surface area contributed by atoms with E-state index >= 15 is 0 Å². The van der Waals surface area contributed by atoms with E-state index in [9.17, 15) is 21.8 Å². The van der Waals surface area contributed by atoms with E-state index in [1.54, 1.807) is 34.6 Å². The molecule has 0 N–H and O–H groups in total. The zero-order valence-electron chi connectivity index (χ0n) is 10.0. The molecule has 0 saturated carbocycles. The first-order valence-corrected chi connectivity index (χ1v) is 6.09. The van der Waals surface area contributed by atoms with Gasteiger partial charge in [-0.2, -0.15) is 8.78 Å². The van der Waals surface area contributed by atoms with E-state index in [-0.39, 0.29) is 0 Å². The SMILES string of the molecule is CC(C)(C)C(C)(C)OCC(F)(F)S(=O)(=O)[O-]. The lowest BCUT2D eigenvalue weighted by Gasteiger charge is -2.39. The van der Waals surface area contributed by atoms with Crippen LogP contribution in [0.2, 0.25) is 0 Å². The van der Waals surface area contributed by atoms with E-state index in [0.29, 0.717) is 0 Å². The van der Waals surface area contributed by atoms with Crippen LogP contribution in [0, 0.1) is 5.41 Å². The Kier molecular flexibility index (Phi) is 4.12. The highest BCUT2D eigenvalue weighted by atomic mass is 32.2. The maximum Gasteiger partial charge on any atom is 0.357 e. The number of hydrogen-bond acceptors (Lipinski definition) is 4. The third-order valence-electron chi connectivity index (χ3n) is 2.77. The smallest absolute Gasteiger partial charge is 0.357 e. The van der Waals surface area contributed by atoms with E-state index < -0.39 is 33.0 Å². The Morgan fingerprint density at radius 3 is 1.75 bits per heavy atom. The Hall–Kier alpha value is -0.270. The van der Waals surface area contributed by atoms with Gasteiger partial charge in [0.2, 0.25) is 0 Å². The Bertz CT molecular complexity index is 341. The van der Waals surface area contributed by atoms with Crippen molar-refractivity contribution < 1.29 is 26.5 Å². The van der Waals surface area contributed by atoms with Crippen molar-refractivity contribution in [3.05, 3.63) is 0 Å². The fourth-order valence-electron chi connectivity index (χ4n) is 0.553. The molecule has 98 valence electrons. The van der Waals surface area contributed by atoms with Crippen molar-refractivity contribution in [2.75, 3.05) is 6.61 Å². The molecule has 0 heterocycles. The highest BCUT2D eigenvalue weighted by Crippen LogP contribution is 2.34. The summed E-state index contributed by atoms with van der Waals surface area (Å²) in [4.78, 5) is 0. The molecule has 0 aromatic carbocycles. The van der Waals surface area contributed by atoms with Gasteiger partial charge in [-0.25, -0.2) is 8.42 Å². The molecule has 0 radical (unpaired) electrons. The van der Waals surface area contributed by atoms with Gasteiger partial charge in [0.25, 0.3) is 0 Å². The minimum absolute atomic E-state index is 0.463. The van der Waals surface area contributed by atoms with Gasteiger partial charge in [-0.1, -0.05) is 20.8 Å². The van der Waals surface area contributed by atoms with Crippen molar-refractivity contribution in [3.8, 4) is 0 Å². The second-order valence-corrected chi connectivity index (χ2v) is 6.65. The van der Waals surface area contributed by atoms with Crippen molar-refractivity contribution >= 4 is 10.1 Å². The summed E-state index contributed by atoms with van der Waals surface area (Å²) in [5.74, 6) is 0. The standard InChI is InChI=1S/C9H18F2O4S/c1-7(2,3)8(4,5)15-6-9(10,11)16(12,13)14/h6H2,1-5H3,(H,12,13,14)/p-1. The van der Waals surface area contributed by atoms with Crippen molar-refractivity contribution in [2.45, 2.75) is 45.5 Å². The van der Waals surface area contributed by atoms with Crippen LogP contribution in [0.5, 0.6) is 0 Å². The van der Waals surface area contributed by atoms with Crippen LogP contribution in [-0.4, -0.2) is 30.4 Å². The molecule has 0 rings (SSSR count). The molecule has 0 unspecified atom stereocenters. The number of ether oxygens (including phenoxy) is 1. The molecular formula is C9H17F2O4S-. The molecule has 0 aromatic heterocycles. The normalized spacial score (nSPS) is 15.2. The van der Waals surface area contributed by atoms with Crippen LogP contribution in [-0.2, 0) is 14.9 Å². The van der Waals surface area contributed by atoms with Crippen molar-refractivity contribution in [2.24, 2.45) is 5.41 Å². The third-order valence-corrected chi connectivity index (χ3v) is 3.62. The summed E-state index contributed by atoms with van der Waals surface area (Å²) in [5, 5.41) is -4.39. The van der Waals surface area contributed by atoms with E-state index in [1.807, 2.05) is 0 Å². The molecule has 0 aliphatic heterocycles. The average molecular weight is 259 g/mol. The topological polar surface area (TPSA) is 66.4 Å². The number of rotatable bonds is 4. The minimum Gasteiger partial charge on any atom is -0.743 e. The largest absolute Gasteiger partial charge is 0.743 e. The highest BCUT2D eigenvalue weighted by Gasteiger charge is 2.42. The Morgan fingerprint density at radius 1 is 1.12 bits per heavy atom. The Balaban J connectivity index is 4.72. The average Bonchev–Trinajstić information content (AvgIpc) is 1.97. The summed E-state index contributed by atoms with van der Waals surface area (Å²) >= 11 is 0. The molecule has 0 bridgehead atoms. The zero-order valence-corrected chi connectivity index (χ0v) is 10.8. The summed E-state index contributed by atoms with van der Waals surface area (Å²) in [5.41, 5.74) is -1.43. The first kappa shape index (κ1) is 15.7. The first-order valence-electron chi connectivity index (χ1n) is 4.68. The first-order chi connectivity index (χ1) is 6.71. The predicted octanol–water partition coefficient (Wildman–Crippen LogP) is 1.97. The number of hydrogen-bond donors (Lipinski definition) is 0. The maximum absolute atomic E-state index is 12.8. The lowest BCUT2D eigenvalue weighted by Crippen LogP contribution is -2.44. The Morgan fingerprint density at radius 2 is 1.50 bits per heavy atom. The molecule has 0 amide bonds. The van der Waals surface area contributed by atoms with Crippen LogP contribution in [0.15, 0.2) is 0 Å². The summed E-state index contributed by atoms with van der Waals surface area (Å²) in [7, 11) is -5.68. The fraction of sp³-hybridized carbons (Fsp3) is 1.00. The lowest BCUT2D eigenvalue weighted by molar-refractivity contribution is -0.135. The van der Waals surface area contributed by atoms with Gasteiger partial charge in [-0.3, -0.25) is 0 Å². The van der Waals surface area contributed by atoms with Gasteiger partial charge in [0, 0.05) is 0 Å². The molecule has 16 heavy (non-hydrogen) atoms.